The van der Waals surface area contributed by atoms with E-state index in [4.69, 9.17) is 5.73 Å². The van der Waals surface area contributed by atoms with Gasteiger partial charge in [-0.05, 0) is 26.8 Å². The number of rotatable bonds is 4. The van der Waals surface area contributed by atoms with Crippen molar-refractivity contribution in [2.75, 3.05) is 11.1 Å². The predicted octanol–water partition coefficient (Wildman–Crippen LogP) is 1.76. The van der Waals surface area contributed by atoms with Gasteiger partial charge in [0, 0.05) is 24.8 Å². The molecule has 0 bridgehead atoms. The third-order valence-corrected chi connectivity index (χ3v) is 2.46. The molecule has 0 fully saturated rings. The van der Waals surface area contributed by atoms with Gasteiger partial charge in [0.2, 0.25) is 5.95 Å². The number of anilines is 2. The molecule has 3 N–H and O–H groups in total. The topological polar surface area (TPSA) is 81.7 Å². The van der Waals surface area contributed by atoms with Crippen LogP contribution in [0.2, 0.25) is 0 Å². The second-order valence-corrected chi connectivity index (χ2v) is 4.33. The van der Waals surface area contributed by atoms with Crippen molar-refractivity contribution in [3.63, 3.8) is 0 Å². The monoisotopic (exact) mass is 246 g/mol. The van der Waals surface area contributed by atoms with Crippen LogP contribution in [0, 0.1) is 0 Å². The number of nitrogens with one attached hydrogen (secondary N) is 1. The number of hydrogen-bond donors (Lipinski definition) is 2. The lowest BCUT2D eigenvalue weighted by atomic mass is 10.2. The zero-order valence-corrected chi connectivity index (χ0v) is 10.9. The lowest BCUT2D eigenvalue weighted by Gasteiger charge is -2.11. The zero-order valence-electron chi connectivity index (χ0n) is 10.9. The molecule has 2 aromatic heterocycles. The predicted molar refractivity (Wildman–Crippen MR) is 72.1 cm³/mol. The molecule has 18 heavy (non-hydrogen) atoms. The second-order valence-electron chi connectivity index (χ2n) is 4.33. The maximum atomic E-state index is 5.74. The van der Waals surface area contributed by atoms with E-state index >= 15 is 0 Å². The van der Waals surface area contributed by atoms with Crippen molar-refractivity contribution in [2.45, 2.75) is 33.4 Å². The first-order valence-corrected chi connectivity index (χ1v) is 6.03. The van der Waals surface area contributed by atoms with Gasteiger partial charge in [0.1, 0.15) is 5.82 Å². The smallest absolute Gasteiger partial charge is 0.222 e. The molecule has 2 rings (SSSR count). The van der Waals surface area contributed by atoms with E-state index in [9.17, 15) is 0 Å². The number of nitrogens with zero attached hydrogens (tertiary/aromatic N) is 4. The van der Waals surface area contributed by atoms with Crippen molar-refractivity contribution in [1.82, 2.24) is 19.7 Å². The van der Waals surface area contributed by atoms with Gasteiger partial charge in [-0.25, -0.2) is 4.98 Å². The van der Waals surface area contributed by atoms with Crippen LogP contribution in [-0.4, -0.2) is 25.8 Å². The first kappa shape index (κ1) is 12.3. The summed E-state index contributed by atoms with van der Waals surface area (Å²) in [7, 11) is 0. The van der Waals surface area contributed by atoms with Crippen molar-refractivity contribution in [1.29, 1.82) is 0 Å². The van der Waals surface area contributed by atoms with Crippen LogP contribution in [0.4, 0.5) is 11.8 Å². The zero-order chi connectivity index (χ0) is 13.1. The Morgan fingerprint density at radius 2 is 2.17 bits per heavy atom. The number of nitrogens with two attached hydrogens (primary N) is 1. The molecule has 0 radical (unpaired) electrons. The van der Waals surface area contributed by atoms with Crippen molar-refractivity contribution in [3.8, 4) is 11.4 Å². The van der Waals surface area contributed by atoms with E-state index in [0.717, 1.165) is 23.8 Å². The second kappa shape index (κ2) is 5.03. The summed E-state index contributed by atoms with van der Waals surface area (Å²) in [6, 6.07) is 4.10. The van der Waals surface area contributed by atoms with Crippen LogP contribution in [0.5, 0.6) is 0 Å². The lowest BCUT2D eigenvalue weighted by Crippen LogP contribution is -2.13. The van der Waals surface area contributed by atoms with Crippen LogP contribution in [0.3, 0.4) is 0 Å². The highest BCUT2D eigenvalue weighted by Crippen LogP contribution is 2.20. The highest BCUT2D eigenvalue weighted by atomic mass is 15.3. The Hall–Kier alpha value is -2.11. The van der Waals surface area contributed by atoms with Gasteiger partial charge < -0.3 is 11.1 Å². The van der Waals surface area contributed by atoms with Crippen LogP contribution in [-0.2, 0) is 6.54 Å². The van der Waals surface area contributed by atoms with E-state index in [1.54, 1.807) is 6.20 Å². The van der Waals surface area contributed by atoms with Gasteiger partial charge in [-0.3, -0.25) is 4.68 Å². The Bertz CT molecular complexity index is 531. The molecule has 96 valence electrons. The summed E-state index contributed by atoms with van der Waals surface area (Å²) in [5, 5.41) is 7.45. The number of aromatic nitrogens is 4. The van der Waals surface area contributed by atoms with Crippen LogP contribution < -0.4 is 11.1 Å². The van der Waals surface area contributed by atoms with Crippen molar-refractivity contribution >= 4 is 11.8 Å². The first-order chi connectivity index (χ1) is 8.60. The Balaban J connectivity index is 2.42. The van der Waals surface area contributed by atoms with Gasteiger partial charge in [-0.15, -0.1) is 0 Å². The number of nitrogen functional groups attached to an aromatic ring is 1. The number of aryl methyl sites for hydroxylation is 1. The van der Waals surface area contributed by atoms with Gasteiger partial charge in [-0.2, -0.15) is 10.1 Å². The van der Waals surface area contributed by atoms with Gasteiger partial charge in [0.25, 0.3) is 0 Å². The average molecular weight is 246 g/mol. The molecule has 2 heterocycles. The summed E-state index contributed by atoms with van der Waals surface area (Å²) in [6.45, 7) is 6.93. The van der Waals surface area contributed by atoms with E-state index in [-0.39, 0.29) is 5.95 Å². The Morgan fingerprint density at radius 3 is 2.83 bits per heavy atom. The van der Waals surface area contributed by atoms with E-state index in [0.29, 0.717) is 6.04 Å². The van der Waals surface area contributed by atoms with Crippen LogP contribution in [0.15, 0.2) is 18.3 Å². The molecule has 2 aromatic rings. The summed E-state index contributed by atoms with van der Waals surface area (Å²) in [4.78, 5) is 8.42. The molecule has 0 unspecified atom stereocenters. The Labute approximate surface area is 106 Å². The fraction of sp³-hybridized carbons (Fsp3) is 0.417. The molecule has 0 aliphatic carbocycles. The molecular formula is C12H18N6. The molecule has 0 saturated heterocycles. The van der Waals surface area contributed by atoms with Crippen LogP contribution in [0.1, 0.15) is 20.8 Å². The maximum absolute atomic E-state index is 5.74. The number of hydrogen-bond acceptors (Lipinski definition) is 5. The minimum atomic E-state index is 0.263. The van der Waals surface area contributed by atoms with Crippen molar-refractivity contribution in [3.05, 3.63) is 18.3 Å². The maximum Gasteiger partial charge on any atom is 0.222 e. The standard InChI is InChI=1S/C12H18N6/c1-4-18-10(5-6-14-18)9-7-11(15-8(2)3)17-12(13)16-9/h5-8H,4H2,1-3H3,(H3,13,15,16,17). The molecular weight excluding hydrogens is 228 g/mol. The van der Waals surface area contributed by atoms with E-state index in [2.05, 4.69) is 20.4 Å². The van der Waals surface area contributed by atoms with Crippen LogP contribution in [0.25, 0.3) is 11.4 Å². The van der Waals surface area contributed by atoms with Gasteiger partial charge in [-0.1, -0.05) is 0 Å². The van der Waals surface area contributed by atoms with Crippen molar-refractivity contribution in [2.24, 2.45) is 0 Å². The molecule has 0 atom stereocenters. The SMILES string of the molecule is CCn1nccc1-c1cc(NC(C)C)nc(N)n1. The van der Waals surface area contributed by atoms with E-state index in [1.165, 1.54) is 0 Å². The average Bonchev–Trinajstić information content (AvgIpc) is 2.75. The molecule has 0 aliphatic heterocycles. The minimum Gasteiger partial charge on any atom is -0.368 e. The fourth-order valence-electron chi connectivity index (χ4n) is 1.77. The Morgan fingerprint density at radius 1 is 1.39 bits per heavy atom. The third-order valence-electron chi connectivity index (χ3n) is 2.46. The van der Waals surface area contributed by atoms with Crippen molar-refractivity contribution < 1.29 is 0 Å². The highest BCUT2D eigenvalue weighted by Gasteiger charge is 2.09. The third kappa shape index (κ3) is 2.58. The largest absolute Gasteiger partial charge is 0.368 e. The summed E-state index contributed by atoms with van der Waals surface area (Å²) in [5.74, 6) is 0.996. The molecule has 0 amide bonds. The van der Waals surface area contributed by atoms with E-state index in [1.807, 2.05) is 37.6 Å². The van der Waals surface area contributed by atoms with E-state index < -0.39 is 0 Å². The molecule has 0 spiro atoms. The summed E-state index contributed by atoms with van der Waals surface area (Å²) >= 11 is 0. The van der Waals surface area contributed by atoms with Gasteiger partial charge in [0.05, 0.1) is 11.4 Å². The normalized spacial score (nSPS) is 10.9. The summed E-state index contributed by atoms with van der Waals surface area (Å²) in [5.41, 5.74) is 7.47. The van der Waals surface area contributed by atoms with Gasteiger partial charge in [0.15, 0.2) is 0 Å². The molecule has 0 aromatic carbocycles. The summed E-state index contributed by atoms with van der Waals surface area (Å²) < 4.78 is 1.88. The lowest BCUT2D eigenvalue weighted by molar-refractivity contribution is 0.665. The summed E-state index contributed by atoms with van der Waals surface area (Å²) in [6.07, 6.45) is 1.76. The molecule has 6 heteroatoms. The Kier molecular flexibility index (Phi) is 3.45. The fourth-order valence-corrected chi connectivity index (χ4v) is 1.77. The highest BCUT2D eigenvalue weighted by molar-refractivity contribution is 5.60. The van der Waals surface area contributed by atoms with Crippen LogP contribution >= 0.6 is 0 Å². The molecule has 0 aliphatic rings. The van der Waals surface area contributed by atoms with Gasteiger partial charge >= 0.3 is 0 Å². The first-order valence-electron chi connectivity index (χ1n) is 6.03. The quantitative estimate of drug-likeness (QED) is 0.859. The molecule has 6 nitrogen and oxygen atoms in total. The molecule has 0 saturated carbocycles. The minimum absolute atomic E-state index is 0.263.